The van der Waals surface area contributed by atoms with Crippen molar-refractivity contribution in [2.75, 3.05) is 0 Å². The minimum absolute atomic E-state index is 0.100. The first kappa shape index (κ1) is 21.5. The summed E-state index contributed by atoms with van der Waals surface area (Å²) in [5.41, 5.74) is 5.45. The lowest BCUT2D eigenvalue weighted by Crippen LogP contribution is -2.23. The molecule has 3 atom stereocenters. The Balaban J connectivity index is 1.86. The van der Waals surface area contributed by atoms with Crippen molar-refractivity contribution in [3.63, 3.8) is 0 Å². The summed E-state index contributed by atoms with van der Waals surface area (Å²) in [5, 5.41) is 0. The number of hydrogen-bond acceptors (Lipinski definition) is 2. The van der Waals surface area contributed by atoms with Crippen molar-refractivity contribution in [2.45, 2.75) is 122 Å². The number of primary amides is 1. The van der Waals surface area contributed by atoms with Crippen molar-refractivity contribution >= 4 is 5.91 Å². The maximum atomic E-state index is 11.3. The van der Waals surface area contributed by atoms with E-state index in [2.05, 4.69) is 13.8 Å². The average Bonchev–Trinajstić information content (AvgIpc) is 3.31. The van der Waals surface area contributed by atoms with Gasteiger partial charge >= 0.3 is 0 Å². The van der Waals surface area contributed by atoms with Gasteiger partial charge in [-0.1, -0.05) is 84.5 Å². The summed E-state index contributed by atoms with van der Waals surface area (Å²) in [6.07, 6.45) is 19.7. The Hall–Kier alpha value is -0.570. The molecule has 1 fully saturated rings. The Bertz CT molecular complexity index is 319. The number of amides is 1. The molecule has 1 rings (SSSR count). The highest BCUT2D eigenvalue weighted by Gasteiger charge is 2.36. The zero-order valence-corrected chi connectivity index (χ0v) is 16.2. The SMILES string of the molecule is CCCCCCCCC1OC1CCCCCCC(CCC)C(N)=O. The fraction of sp³-hybridized carbons (Fsp3) is 0.952. The number of carbonyl (C=O) groups excluding carboxylic acids is 1. The van der Waals surface area contributed by atoms with Crippen LogP contribution >= 0.6 is 0 Å². The first-order chi connectivity index (χ1) is 11.7. The summed E-state index contributed by atoms with van der Waals surface area (Å²) in [5.74, 6) is -0.00996. The largest absolute Gasteiger partial charge is 0.370 e. The Labute approximate surface area is 150 Å². The fourth-order valence-corrected chi connectivity index (χ4v) is 3.68. The van der Waals surface area contributed by atoms with Gasteiger partial charge in [-0.05, 0) is 25.7 Å². The molecule has 0 saturated carbocycles. The van der Waals surface area contributed by atoms with Gasteiger partial charge in [0.15, 0.2) is 0 Å². The number of rotatable bonds is 17. The van der Waals surface area contributed by atoms with Crippen molar-refractivity contribution in [3.05, 3.63) is 0 Å². The molecule has 0 bridgehead atoms. The molecule has 3 nitrogen and oxygen atoms in total. The highest BCUT2D eigenvalue weighted by molar-refractivity contribution is 5.76. The van der Waals surface area contributed by atoms with E-state index in [1.165, 1.54) is 70.6 Å². The molecule has 0 spiro atoms. The molecule has 1 aliphatic rings. The quantitative estimate of drug-likeness (QED) is 0.271. The lowest BCUT2D eigenvalue weighted by atomic mass is 9.95. The molecule has 1 saturated heterocycles. The predicted octanol–water partition coefficient (Wildman–Crippen LogP) is 5.75. The van der Waals surface area contributed by atoms with Gasteiger partial charge in [0.1, 0.15) is 0 Å². The van der Waals surface area contributed by atoms with E-state index in [0.717, 1.165) is 25.7 Å². The van der Waals surface area contributed by atoms with E-state index in [0.29, 0.717) is 12.2 Å². The summed E-state index contributed by atoms with van der Waals surface area (Å²) in [7, 11) is 0. The number of nitrogens with two attached hydrogens (primary N) is 1. The van der Waals surface area contributed by atoms with Crippen LogP contribution in [-0.4, -0.2) is 18.1 Å². The Morgan fingerprint density at radius 3 is 1.88 bits per heavy atom. The zero-order chi connectivity index (χ0) is 17.6. The van der Waals surface area contributed by atoms with Crippen LogP contribution in [0.1, 0.15) is 110 Å². The van der Waals surface area contributed by atoms with Crippen LogP contribution in [0.5, 0.6) is 0 Å². The molecule has 1 aliphatic heterocycles. The van der Waals surface area contributed by atoms with Gasteiger partial charge in [0, 0.05) is 5.92 Å². The minimum Gasteiger partial charge on any atom is -0.370 e. The standard InChI is InChI=1S/C21H41NO2/c1-3-5-6-7-8-12-16-19-20(24-19)17-13-10-9-11-15-18(14-4-2)21(22)23/h18-20H,3-17H2,1-2H3,(H2,22,23). The summed E-state index contributed by atoms with van der Waals surface area (Å²) >= 11 is 0. The first-order valence-corrected chi connectivity index (χ1v) is 10.6. The van der Waals surface area contributed by atoms with Crippen LogP contribution in [-0.2, 0) is 9.53 Å². The molecule has 1 amide bonds. The molecule has 1 heterocycles. The molecule has 142 valence electrons. The highest BCUT2D eigenvalue weighted by atomic mass is 16.6. The van der Waals surface area contributed by atoms with E-state index < -0.39 is 0 Å². The van der Waals surface area contributed by atoms with Gasteiger partial charge < -0.3 is 10.5 Å². The third kappa shape index (κ3) is 10.3. The number of ether oxygens (including phenoxy) is 1. The van der Waals surface area contributed by atoms with E-state index in [-0.39, 0.29) is 11.8 Å². The maximum absolute atomic E-state index is 11.3. The van der Waals surface area contributed by atoms with Gasteiger partial charge in [-0.3, -0.25) is 4.79 Å². The predicted molar refractivity (Wildman–Crippen MR) is 102 cm³/mol. The second-order valence-electron chi connectivity index (χ2n) is 7.65. The van der Waals surface area contributed by atoms with E-state index in [9.17, 15) is 4.79 Å². The molecule has 0 aromatic rings. The molecular formula is C21H41NO2. The third-order valence-electron chi connectivity index (χ3n) is 5.36. The smallest absolute Gasteiger partial charge is 0.220 e. The van der Waals surface area contributed by atoms with Gasteiger partial charge in [-0.2, -0.15) is 0 Å². The van der Waals surface area contributed by atoms with E-state index >= 15 is 0 Å². The first-order valence-electron chi connectivity index (χ1n) is 10.6. The molecule has 0 aliphatic carbocycles. The van der Waals surface area contributed by atoms with Crippen molar-refractivity contribution in [2.24, 2.45) is 11.7 Å². The van der Waals surface area contributed by atoms with Crippen LogP contribution in [0.4, 0.5) is 0 Å². The summed E-state index contributed by atoms with van der Waals surface area (Å²) in [4.78, 5) is 11.3. The van der Waals surface area contributed by atoms with Crippen LogP contribution in [0.2, 0.25) is 0 Å². The Kier molecular flexibility index (Phi) is 12.2. The van der Waals surface area contributed by atoms with Gasteiger partial charge in [0.25, 0.3) is 0 Å². The zero-order valence-electron chi connectivity index (χ0n) is 16.2. The topological polar surface area (TPSA) is 55.6 Å². The number of hydrogen-bond donors (Lipinski definition) is 1. The Morgan fingerprint density at radius 1 is 0.792 bits per heavy atom. The van der Waals surface area contributed by atoms with Crippen LogP contribution in [0, 0.1) is 5.92 Å². The van der Waals surface area contributed by atoms with Gasteiger partial charge in [0.05, 0.1) is 12.2 Å². The molecular weight excluding hydrogens is 298 g/mol. The lowest BCUT2D eigenvalue weighted by Gasteiger charge is -2.11. The number of carbonyl (C=O) groups is 1. The fourth-order valence-electron chi connectivity index (χ4n) is 3.68. The van der Waals surface area contributed by atoms with Crippen molar-refractivity contribution in [1.29, 1.82) is 0 Å². The van der Waals surface area contributed by atoms with Crippen LogP contribution in [0.25, 0.3) is 0 Å². The Morgan fingerprint density at radius 2 is 1.33 bits per heavy atom. The van der Waals surface area contributed by atoms with Crippen LogP contribution in [0.3, 0.4) is 0 Å². The second kappa shape index (κ2) is 13.7. The number of epoxide rings is 1. The third-order valence-corrected chi connectivity index (χ3v) is 5.36. The van der Waals surface area contributed by atoms with Crippen molar-refractivity contribution in [1.82, 2.24) is 0 Å². The highest BCUT2D eigenvalue weighted by Crippen LogP contribution is 2.32. The number of unbranched alkanes of at least 4 members (excludes halogenated alkanes) is 8. The van der Waals surface area contributed by atoms with Gasteiger partial charge in [-0.15, -0.1) is 0 Å². The normalized spacial score (nSPS) is 20.9. The van der Waals surface area contributed by atoms with Crippen LogP contribution in [0.15, 0.2) is 0 Å². The van der Waals surface area contributed by atoms with E-state index in [4.69, 9.17) is 10.5 Å². The molecule has 24 heavy (non-hydrogen) atoms. The molecule has 3 unspecified atom stereocenters. The van der Waals surface area contributed by atoms with Gasteiger partial charge in [0.2, 0.25) is 5.91 Å². The summed E-state index contributed by atoms with van der Waals surface area (Å²) in [6, 6.07) is 0. The molecule has 3 heteroatoms. The average molecular weight is 340 g/mol. The summed E-state index contributed by atoms with van der Waals surface area (Å²) in [6.45, 7) is 4.39. The summed E-state index contributed by atoms with van der Waals surface area (Å²) < 4.78 is 5.79. The monoisotopic (exact) mass is 339 g/mol. The van der Waals surface area contributed by atoms with Crippen LogP contribution < -0.4 is 5.73 Å². The molecule has 2 N–H and O–H groups in total. The molecule has 0 aromatic carbocycles. The molecule has 0 radical (unpaired) electrons. The molecule has 0 aromatic heterocycles. The minimum atomic E-state index is -0.110. The van der Waals surface area contributed by atoms with Gasteiger partial charge in [-0.25, -0.2) is 0 Å². The van der Waals surface area contributed by atoms with Crippen molar-refractivity contribution in [3.8, 4) is 0 Å². The van der Waals surface area contributed by atoms with E-state index in [1.54, 1.807) is 0 Å². The van der Waals surface area contributed by atoms with E-state index in [1.807, 2.05) is 0 Å². The lowest BCUT2D eigenvalue weighted by molar-refractivity contribution is -0.122. The maximum Gasteiger partial charge on any atom is 0.220 e. The second-order valence-corrected chi connectivity index (χ2v) is 7.65. The van der Waals surface area contributed by atoms with Crippen molar-refractivity contribution < 1.29 is 9.53 Å².